The first-order valence-corrected chi connectivity index (χ1v) is 11.6. The van der Waals surface area contributed by atoms with E-state index in [4.69, 9.17) is 4.18 Å². The van der Waals surface area contributed by atoms with E-state index < -0.39 is 20.0 Å². The maximum Gasteiger partial charge on any atom is 0.264 e. The zero-order valence-corrected chi connectivity index (χ0v) is 16.4. The molecule has 0 aliphatic carbocycles. The Bertz CT molecular complexity index is 1150. The monoisotopic (exact) mass is 406 g/mol. The van der Waals surface area contributed by atoms with Gasteiger partial charge in [0.15, 0.2) is 9.84 Å². The Morgan fingerprint density at radius 3 is 2.11 bits per heavy atom. The molecule has 2 aromatic carbocycles. The minimum atomic E-state index is -3.59. The predicted octanol–water partition coefficient (Wildman–Crippen LogP) is 2.42. The first-order chi connectivity index (χ1) is 12.6. The molecule has 0 fully saturated rings. The van der Waals surface area contributed by atoms with Gasteiger partial charge in [0.1, 0.15) is 6.61 Å². The molecule has 3 aromatic rings. The van der Waals surface area contributed by atoms with Crippen molar-refractivity contribution in [1.29, 1.82) is 0 Å². The van der Waals surface area contributed by atoms with Gasteiger partial charge < -0.3 is 0 Å². The minimum absolute atomic E-state index is 0.187. The van der Waals surface area contributed by atoms with Gasteiger partial charge in [0, 0.05) is 11.8 Å². The summed E-state index contributed by atoms with van der Waals surface area (Å²) < 4.78 is 52.3. The highest BCUT2D eigenvalue weighted by Gasteiger charge is 2.14. The molecule has 0 aliphatic rings. The van der Waals surface area contributed by atoms with E-state index in [1.165, 1.54) is 12.1 Å². The third kappa shape index (κ3) is 4.82. The van der Waals surface area contributed by atoms with E-state index in [9.17, 15) is 16.8 Å². The summed E-state index contributed by atoms with van der Waals surface area (Å²) in [5.41, 5.74) is 2.69. The van der Waals surface area contributed by atoms with Crippen LogP contribution in [0.1, 0.15) is 5.69 Å². The topological polar surface area (TPSA) is 95.3 Å². The third-order valence-electron chi connectivity index (χ3n) is 3.76. The lowest BCUT2D eigenvalue weighted by molar-refractivity contribution is 0.306. The average Bonchev–Trinajstić information content (AvgIpc) is 3.04. The van der Waals surface area contributed by atoms with Gasteiger partial charge in [-0.2, -0.15) is 13.5 Å². The van der Waals surface area contributed by atoms with Crippen LogP contribution in [0.4, 0.5) is 0 Å². The number of aromatic nitrogens is 2. The molecule has 1 heterocycles. The van der Waals surface area contributed by atoms with Gasteiger partial charge in [-0.3, -0.25) is 4.18 Å². The summed E-state index contributed by atoms with van der Waals surface area (Å²) in [4.78, 5) is 0.209. The van der Waals surface area contributed by atoms with Crippen molar-refractivity contribution >= 4 is 20.0 Å². The zero-order chi connectivity index (χ0) is 19.7. The van der Waals surface area contributed by atoms with E-state index in [1.54, 1.807) is 22.9 Å². The number of nitrogens with zero attached hydrogens (tertiary/aromatic N) is 2. The molecule has 0 amide bonds. The molecule has 1 aromatic heterocycles. The first-order valence-electron chi connectivity index (χ1n) is 7.93. The highest BCUT2D eigenvalue weighted by atomic mass is 32.2. The van der Waals surface area contributed by atoms with Crippen LogP contribution in [-0.2, 0) is 30.7 Å². The summed E-state index contributed by atoms with van der Waals surface area (Å²) in [7, 11) is -6.89. The van der Waals surface area contributed by atoms with Crippen LogP contribution in [0.5, 0.6) is 0 Å². The second kappa shape index (κ2) is 7.26. The molecule has 27 heavy (non-hydrogen) atoms. The molecule has 7 nitrogen and oxygen atoms in total. The van der Waals surface area contributed by atoms with Gasteiger partial charge in [-0.15, -0.1) is 0 Å². The lowest BCUT2D eigenvalue weighted by Gasteiger charge is -2.08. The van der Waals surface area contributed by atoms with E-state index >= 15 is 0 Å². The summed E-state index contributed by atoms with van der Waals surface area (Å²) in [6.07, 6.45) is 2.12. The number of benzene rings is 2. The van der Waals surface area contributed by atoms with Gasteiger partial charge in [-0.05, 0) is 30.3 Å². The number of hydrogen-bond donors (Lipinski definition) is 0. The van der Waals surface area contributed by atoms with Crippen LogP contribution >= 0.6 is 0 Å². The molecule has 0 spiro atoms. The fourth-order valence-corrected chi connectivity index (χ4v) is 3.48. The molecule has 0 saturated carbocycles. The Kier molecular flexibility index (Phi) is 5.18. The van der Waals surface area contributed by atoms with Crippen molar-refractivity contribution in [2.75, 3.05) is 12.5 Å². The van der Waals surface area contributed by atoms with Crippen LogP contribution < -0.4 is 0 Å². The Morgan fingerprint density at radius 1 is 0.926 bits per heavy atom. The summed E-state index contributed by atoms with van der Waals surface area (Å²) >= 11 is 0. The number of hydrogen-bond acceptors (Lipinski definition) is 6. The van der Waals surface area contributed by atoms with Gasteiger partial charge in [0.25, 0.3) is 10.1 Å². The molecule has 0 bridgehead atoms. The summed E-state index contributed by atoms with van der Waals surface area (Å²) in [5, 5.41) is 4.43. The van der Waals surface area contributed by atoms with Crippen LogP contribution in [0.2, 0.25) is 0 Å². The summed E-state index contributed by atoms with van der Waals surface area (Å²) in [6.45, 7) is -0.187. The molecule has 142 valence electrons. The molecule has 0 unspecified atom stereocenters. The van der Waals surface area contributed by atoms with Crippen molar-refractivity contribution in [1.82, 2.24) is 9.78 Å². The minimum Gasteiger partial charge on any atom is -0.264 e. The van der Waals surface area contributed by atoms with Crippen LogP contribution in [0.3, 0.4) is 0 Å². The molecule has 0 aliphatic heterocycles. The molecule has 0 saturated heterocycles. The van der Waals surface area contributed by atoms with Crippen molar-refractivity contribution < 1.29 is 21.0 Å². The normalized spacial score (nSPS) is 12.2. The number of sulfone groups is 1. The van der Waals surface area contributed by atoms with Crippen LogP contribution in [-0.4, -0.2) is 39.1 Å². The SMILES string of the molecule is CS(=O)(=O)OCc1cc(-c2ccccc2)n(-c2ccc(S(C)(=O)=O)cc2)n1. The lowest BCUT2D eigenvalue weighted by Crippen LogP contribution is -2.04. The predicted molar refractivity (Wildman–Crippen MR) is 102 cm³/mol. The van der Waals surface area contributed by atoms with Gasteiger partial charge >= 0.3 is 0 Å². The smallest absolute Gasteiger partial charge is 0.264 e. The highest BCUT2D eigenvalue weighted by Crippen LogP contribution is 2.25. The fraction of sp³-hybridized carbons (Fsp3) is 0.167. The molecule has 3 rings (SSSR count). The fourth-order valence-electron chi connectivity index (χ4n) is 2.51. The van der Waals surface area contributed by atoms with E-state index in [-0.39, 0.29) is 11.5 Å². The van der Waals surface area contributed by atoms with Crippen molar-refractivity contribution in [3.63, 3.8) is 0 Å². The highest BCUT2D eigenvalue weighted by molar-refractivity contribution is 7.90. The van der Waals surface area contributed by atoms with E-state index in [1.807, 2.05) is 30.3 Å². The second-order valence-corrected chi connectivity index (χ2v) is 9.69. The van der Waals surface area contributed by atoms with Gasteiger partial charge in [0.05, 0.1) is 28.2 Å². The van der Waals surface area contributed by atoms with Gasteiger partial charge in [-0.1, -0.05) is 30.3 Å². The molecule has 0 atom stereocenters. The van der Waals surface area contributed by atoms with Crippen molar-refractivity contribution in [3.05, 3.63) is 66.4 Å². The van der Waals surface area contributed by atoms with E-state index in [2.05, 4.69) is 5.10 Å². The Morgan fingerprint density at radius 2 is 1.56 bits per heavy atom. The van der Waals surface area contributed by atoms with Crippen LogP contribution in [0.15, 0.2) is 65.6 Å². The van der Waals surface area contributed by atoms with Crippen molar-refractivity contribution in [2.45, 2.75) is 11.5 Å². The average molecular weight is 406 g/mol. The standard InChI is InChI=1S/C18H18N2O5S2/c1-26(21,22)17-10-8-16(9-11-17)20-18(14-6-4-3-5-7-14)12-15(19-20)13-25-27(2,23)24/h3-12H,13H2,1-2H3. The molecule has 9 heteroatoms. The Hall–Kier alpha value is -2.49. The lowest BCUT2D eigenvalue weighted by atomic mass is 10.1. The number of rotatable bonds is 6. The van der Waals surface area contributed by atoms with Crippen LogP contribution in [0, 0.1) is 0 Å². The van der Waals surface area contributed by atoms with Gasteiger partial charge in [-0.25, -0.2) is 13.1 Å². The van der Waals surface area contributed by atoms with E-state index in [0.717, 1.165) is 23.8 Å². The first kappa shape index (κ1) is 19.3. The molecule has 0 N–H and O–H groups in total. The summed E-state index contributed by atoms with van der Waals surface area (Å²) in [5.74, 6) is 0. The second-order valence-electron chi connectivity index (χ2n) is 6.03. The molecular formula is C18H18N2O5S2. The largest absolute Gasteiger partial charge is 0.264 e. The maximum atomic E-state index is 11.7. The van der Waals surface area contributed by atoms with E-state index in [0.29, 0.717) is 11.4 Å². The molecule has 0 radical (unpaired) electrons. The zero-order valence-electron chi connectivity index (χ0n) is 14.7. The maximum absolute atomic E-state index is 11.7. The quantitative estimate of drug-likeness (QED) is 0.584. The Balaban J connectivity index is 2.06. The Labute approximate surface area is 158 Å². The van der Waals surface area contributed by atoms with Crippen molar-refractivity contribution in [2.24, 2.45) is 0 Å². The summed E-state index contributed by atoms with van der Waals surface area (Å²) in [6, 6.07) is 17.5. The van der Waals surface area contributed by atoms with Crippen LogP contribution in [0.25, 0.3) is 16.9 Å². The van der Waals surface area contributed by atoms with Crippen molar-refractivity contribution in [3.8, 4) is 16.9 Å². The third-order valence-corrected chi connectivity index (χ3v) is 5.43. The van der Waals surface area contributed by atoms with Gasteiger partial charge in [0.2, 0.25) is 0 Å². The molecular weight excluding hydrogens is 388 g/mol.